The summed E-state index contributed by atoms with van der Waals surface area (Å²) in [7, 11) is -1.82. The van der Waals surface area contributed by atoms with Crippen molar-refractivity contribution in [2.45, 2.75) is 25.6 Å². The molecule has 0 aliphatic rings. The van der Waals surface area contributed by atoms with Crippen molar-refractivity contribution in [1.82, 2.24) is 0 Å². The predicted octanol–water partition coefficient (Wildman–Crippen LogP) is 2.09. The molecule has 1 aromatic carbocycles. The lowest BCUT2D eigenvalue weighted by molar-refractivity contribution is 0.0572. The second-order valence-electron chi connectivity index (χ2n) is 4.97. The number of carbonyl (C=O) groups excluding carboxylic acids is 1. The molecule has 1 atom stereocenters. The highest BCUT2D eigenvalue weighted by Gasteiger charge is 2.52. The van der Waals surface area contributed by atoms with Gasteiger partial charge in [0.2, 0.25) is 5.82 Å². The summed E-state index contributed by atoms with van der Waals surface area (Å²) in [6.07, 6.45) is -0.549. The van der Waals surface area contributed by atoms with E-state index < -0.39 is 61.0 Å². The third kappa shape index (κ3) is 3.49. The molecule has 0 amide bonds. The minimum absolute atomic E-state index is 0.549. The van der Waals surface area contributed by atoms with Gasteiger partial charge in [-0.3, -0.25) is 4.79 Å². The fourth-order valence-corrected chi connectivity index (χ4v) is 4.11. The number of Topliss-reactive ketones (excluding diaryl/α,β-unsaturated/α-hetero) is 1. The van der Waals surface area contributed by atoms with Crippen LogP contribution in [0.15, 0.2) is 0 Å². The standard InChI is InChI=1S/C13H16F5NO4Si/c1-5(2)23-24(21-3,22-4)13(19)12(20)6-7(14)9(16)11(18)10(17)8(6)15/h5,13H,19H2,1-4H3. The van der Waals surface area contributed by atoms with Gasteiger partial charge in [0.25, 0.3) is 0 Å². The van der Waals surface area contributed by atoms with Crippen molar-refractivity contribution in [3.05, 3.63) is 34.6 Å². The molecule has 0 spiro atoms. The number of hydrogen-bond donors (Lipinski definition) is 1. The second-order valence-corrected chi connectivity index (χ2v) is 7.85. The fraction of sp³-hybridized carbons (Fsp3) is 0.462. The van der Waals surface area contributed by atoms with Crippen LogP contribution < -0.4 is 5.73 Å². The van der Waals surface area contributed by atoms with E-state index in [1.807, 2.05) is 0 Å². The monoisotopic (exact) mass is 373 g/mol. The van der Waals surface area contributed by atoms with Gasteiger partial charge in [-0.1, -0.05) is 0 Å². The molecular formula is C13H16F5NO4Si. The molecule has 2 N–H and O–H groups in total. The Morgan fingerprint density at radius 2 is 1.29 bits per heavy atom. The molecule has 0 saturated carbocycles. The van der Waals surface area contributed by atoms with Crippen molar-refractivity contribution in [1.29, 1.82) is 0 Å². The average Bonchev–Trinajstić information content (AvgIpc) is 2.55. The molecule has 136 valence electrons. The lowest BCUT2D eigenvalue weighted by atomic mass is 10.1. The maximum atomic E-state index is 13.8. The molecule has 0 aliphatic carbocycles. The van der Waals surface area contributed by atoms with E-state index in [-0.39, 0.29) is 0 Å². The zero-order valence-electron chi connectivity index (χ0n) is 13.3. The third-order valence-electron chi connectivity index (χ3n) is 3.09. The Morgan fingerprint density at radius 1 is 0.917 bits per heavy atom. The van der Waals surface area contributed by atoms with Crippen LogP contribution in [0.25, 0.3) is 0 Å². The lowest BCUT2D eigenvalue weighted by Gasteiger charge is -2.32. The maximum absolute atomic E-state index is 13.8. The van der Waals surface area contributed by atoms with E-state index in [4.69, 9.17) is 19.0 Å². The van der Waals surface area contributed by atoms with Gasteiger partial charge in [0.15, 0.2) is 29.1 Å². The SMILES string of the molecule is CO[Si](OC)(OC(C)C)C(N)C(=O)c1c(F)c(F)c(F)c(F)c1F. The molecule has 0 fully saturated rings. The average molecular weight is 373 g/mol. The van der Waals surface area contributed by atoms with Crippen LogP contribution in [0.5, 0.6) is 0 Å². The first kappa shape index (κ1) is 20.6. The summed E-state index contributed by atoms with van der Waals surface area (Å²) in [6.45, 7) is 3.10. The van der Waals surface area contributed by atoms with Crippen molar-refractivity contribution < 1.29 is 40.0 Å². The molecule has 1 aromatic rings. The number of halogens is 5. The molecule has 0 saturated heterocycles. The van der Waals surface area contributed by atoms with Gasteiger partial charge in [-0.25, -0.2) is 22.0 Å². The van der Waals surface area contributed by atoms with Crippen LogP contribution in [-0.2, 0) is 13.3 Å². The van der Waals surface area contributed by atoms with Crippen molar-refractivity contribution in [2.75, 3.05) is 14.2 Å². The first-order valence-electron chi connectivity index (χ1n) is 6.63. The molecular weight excluding hydrogens is 357 g/mol. The van der Waals surface area contributed by atoms with E-state index in [2.05, 4.69) is 0 Å². The smallest absolute Gasteiger partial charge is 0.376 e. The van der Waals surface area contributed by atoms with Crippen molar-refractivity contribution >= 4 is 14.6 Å². The summed E-state index contributed by atoms with van der Waals surface area (Å²) < 4.78 is 82.5. The van der Waals surface area contributed by atoms with Crippen LogP contribution in [0.4, 0.5) is 22.0 Å². The molecule has 11 heteroatoms. The summed E-state index contributed by atoms with van der Waals surface area (Å²) >= 11 is 0. The van der Waals surface area contributed by atoms with Crippen molar-refractivity contribution in [3.8, 4) is 0 Å². The Labute approximate surface area is 135 Å². The van der Waals surface area contributed by atoms with Crippen LogP contribution in [0.1, 0.15) is 24.2 Å². The maximum Gasteiger partial charge on any atom is 0.526 e. The van der Waals surface area contributed by atoms with E-state index in [9.17, 15) is 26.7 Å². The summed E-state index contributed by atoms with van der Waals surface area (Å²) in [5, 5.41) is 0. The van der Waals surface area contributed by atoms with Gasteiger partial charge >= 0.3 is 8.80 Å². The van der Waals surface area contributed by atoms with Gasteiger partial charge in [0, 0.05) is 20.3 Å². The summed E-state index contributed by atoms with van der Waals surface area (Å²) in [6, 6.07) is 0. The number of hydrogen-bond acceptors (Lipinski definition) is 5. The van der Waals surface area contributed by atoms with Crippen molar-refractivity contribution in [2.24, 2.45) is 5.73 Å². The Balaban J connectivity index is 3.46. The van der Waals surface area contributed by atoms with E-state index in [1.165, 1.54) is 0 Å². The van der Waals surface area contributed by atoms with Gasteiger partial charge in [0.05, 0.1) is 5.56 Å². The summed E-state index contributed by atoms with van der Waals surface area (Å²) in [5.41, 5.74) is 2.07. The molecule has 0 heterocycles. The van der Waals surface area contributed by atoms with Gasteiger partial charge in [-0.2, -0.15) is 0 Å². The van der Waals surface area contributed by atoms with Crippen LogP contribution in [0, 0.1) is 29.1 Å². The third-order valence-corrected chi connectivity index (χ3v) is 6.05. The Morgan fingerprint density at radius 3 is 1.62 bits per heavy atom. The second kappa shape index (κ2) is 7.65. The zero-order valence-corrected chi connectivity index (χ0v) is 14.3. The van der Waals surface area contributed by atoms with Gasteiger partial charge in [-0.15, -0.1) is 0 Å². The van der Waals surface area contributed by atoms with Gasteiger partial charge in [-0.05, 0) is 13.8 Å². The van der Waals surface area contributed by atoms with Gasteiger partial charge < -0.3 is 19.0 Å². The Kier molecular flexibility index (Phi) is 6.58. The molecule has 1 unspecified atom stereocenters. The first-order valence-corrected chi connectivity index (χ1v) is 8.43. The topological polar surface area (TPSA) is 70.8 Å². The largest absolute Gasteiger partial charge is 0.526 e. The van der Waals surface area contributed by atoms with E-state index in [0.29, 0.717) is 0 Å². The van der Waals surface area contributed by atoms with Crippen LogP contribution >= 0.6 is 0 Å². The molecule has 1 rings (SSSR count). The number of nitrogens with two attached hydrogens (primary N) is 1. The quantitative estimate of drug-likeness (QED) is 0.261. The molecule has 0 radical (unpaired) electrons. The molecule has 24 heavy (non-hydrogen) atoms. The minimum atomic E-state index is -3.99. The molecule has 0 bridgehead atoms. The molecule has 5 nitrogen and oxygen atoms in total. The number of carbonyl (C=O) groups is 1. The predicted molar refractivity (Wildman–Crippen MR) is 74.5 cm³/mol. The Bertz CT molecular complexity index is 610. The number of benzene rings is 1. The van der Waals surface area contributed by atoms with E-state index >= 15 is 0 Å². The first-order chi connectivity index (χ1) is 11.0. The van der Waals surface area contributed by atoms with E-state index in [0.717, 1.165) is 14.2 Å². The number of rotatable bonds is 7. The lowest BCUT2D eigenvalue weighted by Crippen LogP contribution is -2.63. The summed E-state index contributed by atoms with van der Waals surface area (Å²) in [4.78, 5) is 12.3. The highest BCUT2D eigenvalue weighted by molar-refractivity contribution is 6.67. The zero-order chi connectivity index (χ0) is 18.8. The van der Waals surface area contributed by atoms with E-state index in [1.54, 1.807) is 13.8 Å². The van der Waals surface area contributed by atoms with Gasteiger partial charge in [0.1, 0.15) is 5.67 Å². The van der Waals surface area contributed by atoms with Crippen LogP contribution in [0.2, 0.25) is 0 Å². The fourth-order valence-electron chi connectivity index (χ4n) is 1.97. The van der Waals surface area contributed by atoms with Crippen molar-refractivity contribution in [3.63, 3.8) is 0 Å². The molecule has 0 aliphatic heterocycles. The van der Waals surface area contributed by atoms with Crippen LogP contribution in [0.3, 0.4) is 0 Å². The minimum Gasteiger partial charge on any atom is -0.376 e. The normalized spacial score (nSPS) is 13.5. The van der Waals surface area contributed by atoms with Crippen LogP contribution in [-0.4, -0.2) is 40.6 Å². The Hall–Kier alpha value is -1.40. The number of ketones is 1. The summed E-state index contributed by atoms with van der Waals surface area (Å²) in [5.74, 6) is -13.0. The molecule has 0 aromatic heterocycles. The highest BCUT2D eigenvalue weighted by Crippen LogP contribution is 2.26. The highest BCUT2D eigenvalue weighted by atomic mass is 28.4.